The number of carboxylic acid groups (broad SMARTS) is 1. The molecule has 0 aliphatic heterocycles. The quantitative estimate of drug-likeness (QED) is 0.312. The van der Waals surface area contributed by atoms with Gasteiger partial charge in [-0.2, -0.15) is 13.2 Å². The van der Waals surface area contributed by atoms with Crippen molar-refractivity contribution in [3.8, 4) is 11.6 Å². The number of ether oxygens (including phenoxy) is 1. The summed E-state index contributed by atoms with van der Waals surface area (Å²) < 4.78 is 51.5. The average Bonchev–Trinajstić information content (AvgIpc) is 3.05. The van der Waals surface area contributed by atoms with Crippen molar-refractivity contribution < 1.29 is 32.9 Å². The molecule has 13 heteroatoms. The normalized spacial score (nSPS) is 14.3. The molecule has 2 heterocycles. The van der Waals surface area contributed by atoms with Crippen molar-refractivity contribution >= 4 is 40.2 Å². The van der Waals surface area contributed by atoms with Crippen LogP contribution in [0.1, 0.15) is 34.3 Å². The zero-order valence-corrected chi connectivity index (χ0v) is 21.6. The monoisotopic (exact) mass is 569 g/mol. The number of aromatic carboxylic acids is 1. The summed E-state index contributed by atoms with van der Waals surface area (Å²) in [5.74, 6) is -2.83. The van der Waals surface area contributed by atoms with Crippen LogP contribution in [0.25, 0.3) is 11.0 Å². The number of carbonyl (C=O) groups is 1. The number of nitrogens with zero attached hydrogens (tertiary/aromatic N) is 3. The number of hydrogen-bond acceptors (Lipinski definition) is 5. The van der Waals surface area contributed by atoms with E-state index in [-0.39, 0.29) is 38.3 Å². The Morgan fingerprint density at radius 2 is 1.68 bits per heavy atom. The molecule has 0 amide bonds. The van der Waals surface area contributed by atoms with Gasteiger partial charge in [0.1, 0.15) is 5.75 Å². The van der Waals surface area contributed by atoms with E-state index in [0.717, 1.165) is 18.3 Å². The van der Waals surface area contributed by atoms with Crippen LogP contribution in [0.5, 0.6) is 11.6 Å². The van der Waals surface area contributed by atoms with Gasteiger partial charge in [0.05, 0.1) is 21.6 Å². The molecule has 4 rings (SSSR count). The Labute approximate surface area is 223 Å². The van der Waals surface area contributed by atoms with E-state index in [0.29, 0.717) is 5.52 Å². The lowest BCUT2D eigenvalue weighted by Gasteiger charge is -2.37. The molecule has 0 bridgehead atoms. The van der Waals surface area contributed by atoms with Gasteiger partial charge in [0.15, 0.2) is 5.60 Å². The number of alkyl halides is 3. The molecular weight excluding hydrogens is 550 g/mol. The SMILES string of the molecule is CC(c1ccc(Oc2cc(Cl)c(C(=O)O)cn2)cc1Cl)C(O)(c1ccc2c(c1)n(C)c(=O)n2C)C(F)(F)F. The highest BCUT2D eigenvalue weighted by Gasteiger charge is 2.59. The number of rotatable bonds is 6. The highest BCUT2D eigenvalue weighted by molar-refractivity contribution is 6.33. The summed E-state index contributed by atoms with van der Waals surface area (Å²) in [6.07, 6.45) is -4.11. The number of hydrogen-bond donors (Lipinski definition) is 2. The van der Waals surface area contributed by atoms with E-state index in [1.807, 2.05) is 0 Å². The van der Waals surface area contributed by atoms with E-state index in [2.05, 4.69) is 4.98 Å². The summed E-state index contributed by atoms with van der Waals surface area (Å²) in [5.41, 5.74) is -3.87. The topological polar surface area (TPSA) is 107 Å². The third kappa shape index (κ3) is 4.50. The molecule has 0 fully saturated rings. The fourth-order valence-corrected chi connectivity index (χ4v) is 4.85. The van der Waals surface area contributed by atoms with Crippen molar-refractivity contribution in [3.63, 3.8) is 0 Å². The lowest BCUT2D eigenvalue weighted by atomic mass is 9.77. The minimum Gasteiger partial charge on any atom is -0.478 e. The molecule has 4 aromatic rings. The van der Waals surface area contributed by atoms with Crippen LogP contribution in [0.3, 0.4) is 0 Å². The Morgan fingerprint density at radius 1 is 1.03 bits per heavy atom. The van der Waals surface area contributed by atoms with Gasteiger partial charge in [0.25, 0.3) is 0 Å². The fourth-order valence-electron chi connectivity index (χ4n) is 4.30. The molecule has 0 saturated carbocycles. The standard InChI is InChI=1S/C25H20Cl2F3N3O5/c1-12(15-6-5-14(9-17(15)26)38-21-10-18(27)16(11-31-21)22(34)35)24(37,25(28,29)30)13-4-7-19-20(8-13)33(3)23(36)32(19)2/h4-12,37H,1-3H3,(H,34,35). The lowest BCUT2D eigenvalue weighted by Crippen LogP contribution is -2.46. The van der Waals surface area contributed by atoms with Gasteiger partial charge >= 0.3 is 17.8 Å². The lowest BCUT2D eigenvalue weighted by molar-refractivity contribution is -0.274. The average molecular weight is 570 g/mol. The number of carboxylic acids is 1. The van der Waals surface area contributed by atoms with Crippen LogP contribution < -0.4 is 10.4 Å². The number of aliphatic hydroxyl groups is 1. The molecule has 0 aliphatic rings. The second kappa shape index (κ2) is 9.64. The third-order valence-electron chi connectivity index (χ3n) is 6.49. The number of benzene rings is 2. The highest BCUT2D eigenvalue weighted by Crippen LogP contribution is 2.50. The van der Waals surface area contributed by atoms with E-state index in [1.54, 1.807) is 0 Å². The van der Waals surface area contributed by atoms with Crippen LogP contribution >= 0.6 is 23.2 Å². The Balaban J connectivity index is 1.72. The molecule has 2 N–H and O–H groups in total. The molecule has 0 aliphatic carbocycles. The maximum atomic E-state index is 14.5. The summed E-state index contributed by atoms with van der Waals surface area (Å²) in [6.45, 7) is 1.19. The van der Waals surface area contributed by atoms with Crippen molar-refractivity contribution in [2.24, 2.45) is 14.1 Å². The predicted molar refractivity (Wildman–Crippen MR) is 134 cm³/mol. The summed E-state index contributed by atoms with van der Waals surface area (Å²) in [6, 6.07) is 8.65. The highest BCUT2D eigenvalue weighted by atomic mass is 35.5. The van der Waals surface area contributed by atoms with Crippen LogP contribution in [-0.2, 0) is 19.7 Å². The Morgan fingerprint density at radius 3 is 2.26 bits per heavy atom. The molecule has 0 radical (unpaired) electrons. The molecule has 2 atom stereocenters. The van der Waals surface area contributed by atoms with Crippen LogP contribution in [0.15, 0.2) is 53.5 Å². The van der Waals surface area contributed by atoms with Gasteiger partial charge in [-0.1, -0.05) is 42.3 Å². The molecule has 38 heavy (non-hydrogen) atoms. The Kier molecular flexibility index (Phi) is 6.98. The molecule has 2 aromatic carbocycles. The number of pyridine rings is 1. The minimum absolute atomic E-state index is 0.0203. The van der Waals surface area contributed by atoms with Crippen molar-refractivity contribution in [1.82, 2.24) is 14.1 Å². The maximum absolute atomic E-state index is 14.5. The van der Waals surface area contributed by atoms with Crippen molar-refractivity contribution in [1.29, 1.82) is 0 Å². The number of halogens is 5. The molecule has 0 saturated heterocycles. The van der Waals surface area contributed by atoms with Gasteiger partial charge in [-0.05, 0) is 35.4 Å². The Bertz CT molecular complexity index is 1630. The van der Waals surface area contributed by atoms with Crippen LogP contribution in [0.2, 0.25) is 10.0 Å². The summed E-state index contributed by atoms with van der Waals surface area (Å²) in [5, 5.41) is 20.0. The van der Waals surface area contributed by atoms with E-state index in [4.69, 9.17) is 33.0 Å². The zero-order chi connectivity index (χ0) is 28.2. The predicted octanol–water partition coefficient (Wildman–Crippen LogP) is 5.62. The van der Waals surface area contributed by atoms with Crippen molar-refractivity contribution in [3.05, 3.63) is 85.9 Å². The third-order valence-corrected chi connectivity index (χ3v) is 7.13. The second-order valence-corrected chi connectivity index (χ2v) is 9.50. The van der Waals surface area contributed by atoms with Crippen LogP contribution in [0.4, 0.5) is 13.2 Å². The second-order valence-electron chi connectivity index (χ2n) is 8.68. The summed E-state index contributed by atoms with van der Waals surface area (Å²) >= 11 is 12.3. The first kappa shape index (κ1) is 27.5. The van der Waals surface area contributed by atoms with Crippen molar-refractivity contribution in [2.75, 3.05) is 0 Å². The van der Waals surface area contributed by atoms with Crippen molar-refractivity contribution in [2.45, 2.75) is 24.6 Å². The fraction of sp³-hybridized carbons (Fsp3) is 0.240. The van der Waals surface area contributed by atoms with E-state index in [9.17, 15) is 27.9 Å². The van der Waals surface area contributed by atoms with Gasteiger partial charge in [0, 0.05) is 37.3 Å². The van der Waals surface area contributed by atoms with E-state index >= 15 is 0 Å². The molecule has 2 aromatic heterocycles. The van der Waals surface area contributed by atoms with Gasteiger partial charge in [-0.25, -0.2) is 14.6 Å². The first-order valence-electron chi connectivity index (χ1n) is 11.0. The summed E-state index contributed by atoms with van der Waals surface area (Å²) in [7, 11) is 2.92. The molecular formula is C25H20Cl2F3N3O5. The Hall–Kier alpha value is -3.54. The van der Waals surface area contributed by atoms with Gasteiger partial charge < -0.3 is 14.9 Å². The summed E-state index contributed by atoms with van der Waals surface area (Å²) in [4.78, 5) is 27.2. The van der Waals surface area contributed by atoms with Crippen LogP contribution in [-0.4, -0.2) is 36.5 Å². The van der Waals surface area contributed by atoms with Gasteiger partial charge in [-0.3, -0.25) is 9.13 Å². The number of aromatic nitrogens is 3. The molecule has 200 valence electrons. The van der Waals surface area contributed by atoms with Crippen LogP contribution in [0, 0.1) is 0 Å². The first-order chi connectivity index (χ1) is 17.7. The number of aryl methyl sites for hydroxylation is 2. The molecule has 8 nitrogen and oxygen atoms in total. The van der Waals surface area contributed by atoms with E-state index in [1.165, 1.54) is 60.5 Å². The molecule has 0 spiro atoms. The smallest absolute Gasteiger partial charge is 0.422 e. The number of fused-ring (bicyclic) bond motifs is 1. The maximum Gasteiger partial charge on any atom is 0.422 e. The van der Waals surface area contributed by atoms with Gasteiger partial charge in [0.2, 0.25) is 5.88 Å². The van der Waals surface area contributed by atoms with Gasteiger partial charge in [-0.15, -0.1) is 0 Å². The zero-order valence-electron chi connectivity index (χ0n) is 20.0. The minimum atomic E-state index is -5.11. The molecule has 2 unspecified atom stereocenters. The number of imidazole rings is 1. The largest absolute Gasteiger partial charge is 0.478 e. The van der Waals surface area contributed by atoms with E-state index < -0.39 is 34.9 Å². The first-order valence-corrected chi connectivity index (χ1v) is 11.7.